The Labute approximate surface area is 135 Å². The molecule has 1 heterocycles. The highest BCUT2D eigenvalue weighted by molar-refractivity contribution is 4.81. The average molecular weight is 318 g/mol. The summed E-state index contributed by atoms with van der Waals surface area (Å²) in [6.07, 6.45) is 5.11. The Morgan fingerprint density at radius 1 is 0.818 bits per heavy atom. The second-order valence-corrected chi connectivity index (χ2v) is 5.70. The second kappa shape index (κ2) is 10.6. The van der Waals surface area contributed by atoms with E-state index in [1.807, 2.05) is 6.92 Å². The van der Waals surface area contributed by atoms with Gasteiger partial charge >= 0.3 is 0 Å². The van der Waals surface area contributed by atoms with E-state index in [0.29, 0.717) is 45.9 Å². The first-order chi connectivity index (χ1) is 10.7. The lowest BCUT2D eigenvalue weighted by Crippen LogP contribution is -2.55. The molecule has 0 saturated carbocycles. The molecule has 1 rings (SSSR count). The van der Waals surface area contributed by atoms with Gasteiger partial charge in [0.1, 0.15) is 0 Å². The van der Waals surface area contributed by atoms with Gasteiger partial charge in [-0.15, -0.1) is 0 Å². The number of rotatable bonds is 12. The molecule has 5 nitrogen and oxygen atoms in total. The average Bonchev–Trinajstić information content (AvgIpc) is 2.52. The van der Waals surface area contributed by atoms with Gasteiger partial charge in [0, 0.05) is 13.0 Å². The van der Waals surface area contributed by atoms with Crippen molar-refractivity contribution in [3.05, 3.63) is 0 Å². The Morgan fingerprint density at radius 3 is 2.05 bits per heavy atom. The summed E-state index contributed by atoms with van der Waals surface area (Å²) in [5.74, 6) is -1.70. The second-order valence-electron chi connectivity index (χ2n) is 5.70. The van der Waals surface area contributed by atoms with Crippen LogP contribution in [-0.2, 0) is 23.7 Å². The third kappa shape index (κ3) is 6.13. The van der Waals surface area contributed by atoms with Crippen LogP contribution in [0.4, 0.5) is 0 Å². The number of hydrogen-bond donors (Lipinski definition) is 0. The third-order valence-electron chi connectivity index (χ3n) is 3.61. The molecule has 0 amide bonds. The van der Waals surface area contributed by atoms with Crippen molar-refractivity contribution in [2.75, 3.05) is 33.0 Å². The van der Waals surface area contributed by atoms with Crippen LogP contribution in [0.3, 0.4) is 0 Å². The van der Waals surface area contributed by atoms with Crippen LogP contribution in [0.15, 0.2) is 0 Å². The topological polar surface area (TPSA) is 46.2 Å². The third-order valence-corrected chi connectivity index (χ3v) is 3.61. The summed E-state index contributed by atoms with van der Waals surface area (Å²) >= 11 is 0. The molecule has 132 valence electrons. The summed E-state index contributed by atoms with van der Waals surface area (Å²) in [7, 11) is 0. The number of unbranched alkanes of at least 4 members (excludes halogenated alkanes) is 1. The number of hydrogen-bond acceptors (Lipinski definition) is 5. The molecule has 1 unspecified atom stereocenters. The molecule has 1 aliphatic heterocycles. The van der Waals surface area contributed by atoms with Crippen LogP contribution in [0.25, 0.3) is 0 Å². The highest BCUT2D eigenvalue weighted by Gasteiger charge is 2.49. The molecule has 0 radical (unpaired) electrons. The van der Waals surface area contributed by atoms with E-state index in [1.54, 1.807) is 0 Å². The van der Waals surface area contributed by atoms with E-state index in [1.165, 1.54) is 0 Å². The first-order valence-corrected chi connectivity index (χ1v) is 8.85. The summed E-state index contributed by atoms with van der Waals surface area (Å²) in [5.41, 5.74) is 0. The highest BCUT2D eigenvalue weighted by atomic mass is 16.9. The van der Waals surface area contributed by atoms with E-state index in [0.717, 1.165) is 25.7 Å². The predicted molar refractivity (Wildman–Crippen MR) is 85.6 cm³/mol. The molecule has 0 spiro atoms. The Hall–Kier alpha value is -0.200. The molecule has 1 aliphatic rings. The van der Waals surface area contributed by atoms with Crippen molar-refractivity contribution in [3.8, 4) is 0 Å². The van der Waals surface area contributed by atoms with E-state index in [9.17, 15) is 0 Å². The fourth-order valence-electron chi connectivity index (χ4n) is 2.53. The van der Waals surface area contributed by atoms with Crippen molar-refractivity contribution in [3.63, 3.8) is 0 Å². The minimum atomic E-state index is -1.04. The smallest absolute Gasteiger partial charge is 0.288 e. The zero-order chi connectivity index (χ0) is 16.3. The van der Waals surface area contributed by atoms with Crippen molar-refractivity contribution in [2.24, 2.45) is 0 Å². The van der Waals surface area contributed by atoms with Crippen LogP contribution in [0.5, 0.6) is 0 Å². The summed E-state index contributed by atoms with van der Waals surface area (Å²) in [5, 5.41) is 0. The van der Waals surface area contributed by atoms with Crippen LogP contribution in [0, 0.1) is 0 Å². The van der Waals surface area contributed by atoms with Gasteiger partial charge in [0.05, 0.1) is 32.8 Å². The molecular formula is C17H34O5. The summed E-state index contributed by atoms with van der Waals surface area (Å²) in [6, 6.07) is 0. The van der Waals surface area contributed by atoms with Crippen molar-refractivity contribution in [1.82, 2.24) is 0 Å². The van der Waals surface area contributed by atoms with Gasteiger partial charge in [0.15, 0.2) is 5.79 Å². The monoisotopic (exact) mass is 318 g/mol. The zero-order valence-electron chi connectivity index (χ0n) is 14.8. The molecular weight excluding hydrogens is 284 g/mol. The fourth-order valence-corrected chi connectivity index (χ4v) is 2.53. The van der Waals surface area contributed by atoms with Crippen molar-refractivity contribution < 1.29 is 23.7 Å². The van der Waals surface area contributed by atoms with Crippen LogP contribution in [-0.4, -0.2) is 44.8 Å². The lowest BCUT2D eigenvalue weighted by molar-refractivity contribution is -0.438. The molecule has 0 aromatic carbocycles. The molecule has 5 heteroatoms. The number of ether oxygens (including phenoxy) is 5. The van der Waals surface area contributed by atoms with Crippen LogP contribution < -0.4 is 0 Å². The Bertz CT molecular complexity index is 272. The molecule has 0 bridgehead atoms. The van der Waals surface area contributed by atoms with E-state index >= 15 is 0 Å². The van der Waals surface area contributed by atoms with Gasteiger partial charge in [-0.1, -0.05) is 27.2 Å². The van der Waals surface area contributed by atoms with Crippen molar-refractivity contribution in [1.29, 1.82) is 0 Å². The summed E-state index contributed by atoms with van der Waals surface area (Å²) in [4.78, 5) is 0. The SMILES string of the molecule is CCCCOC1(OCC)CCOC(OCCC)(OCCC)C1. The molecule has 1 atom stereocenters. The summed E-state index contributed by atoms with van der Waals surface area (Å²) in [6.45, 7) is 11.3. The standard InChI is InChI=1S/C17H34O5/c1-5-9-13-19-16(18-8-4)10-14-22-17(15-16,20-11-6-2)21-12-7-3/h5-15H2,1-4H3. The molecule has 0 aromatic heterocycles. The minimum Gasteiger partial charge on any atom is -0.350 e. The van der Waals surface area contributed by atoms with Crippen LogP contribution >= 0.6 is 0 Å². The summed E-state index contributed by atoms with van der Waals surface area (Å²) < 4.78 is 29.8. The van der Waals surface area contributed by atoms with Gasteiger partial charge in [-0.25, -0.2) is 0 Å². The minimum absolute atomic E-state index is 0.456. The molecule has 0 aliphatic carbocycles. The largest absolute Gasteiger partial charge is 0.350 e. The molecule has 1 saturated heterocycles. The Morgan fingerprint density at radius 2 is 1.50 bits per heavy atom. The first kappa shape index (κ1) is 19.8. The first-order valence-electron chi connectivity index (χ1n) is 8.85. The highest BCUT2D eigenvalue weighted by Crippen LogP contribution is 2.38. The van der Waals surface area contributed by atoms with Crippen molar-refractivity contribution >= 4 is 0 Å². The van der Waals surface area contributed by atoms with Crippen LogP contribution in [0.2, 0.25) is 0 Å². The molecule has 22 heavy (non-hydrogen) atoms. The molecule has 0 N–H and O–H groups in total. The van der Waals surface area contributed by atoms with Gasteiger partial charge in [-0.05, 0) is 26.2 Å². The van der Waals surface area contributed by atoms with E-state index < -0.39 is 11.8 Å². The normalized spacial score (nSPS) is 24.5. The van der Waals surface area contributed by atoms with E-state index in [4.69, 9.17) is 23.7 Å². The lowest BCUT2D eigenvalue weighted by Gasteiger charge is -2.45. The van der Waals surface area contributed by atoms with Gasteiger partial charge in [-0.2, -0.15) is 0 Å². The predicted octanol–water partition coefficient (Wildman–Crippen LogP) is 3.85. The Balaban J connectivity index is 2.78. The van der Waals surface area contributed by atoms with E-state index in [2.05, 4.69) is 20.8 Å². The maximum absolute atomic E-state index is 6.10. The van der Waals surface area contributed by atoms with Crippen LogP contribution in [0.1, 0.15) is 66.2 Å². The van der Waals surface area contributed by atoms with Gasteiger partial charge in [-0.3, -0.25) is 0 Å². The lowest BCUT2D eigenvalue weighted by atomic mass is 10.0. The molecule has 0 aromatic rings. The van der Waals surface area contributed by atoms with Gasteiger partial charge < -0.3 is 23.7 Å². The zero-order valence-corrected chi connectivity index (χ0v) is 14.8. The van der Waals surface area contributed by atoms with Gasteiger partial charge in [0.2, 0.25) is 0 Å². The maximum atomic E-state index is 6.10. The Kier molecular flexibility index (Phi) is 9.52. The molecule has 1 fully saturated rings. The van der Waals surface area contributed by atoms with E-state index in [-0.39, 0.29) is 0 Å². The fraction of sp³-hybridized carbons (Fsp3) is 1.00. The quantitative estimate of drug-likeness (QED) is 0.404. The van der Waals surface area contributed by atoms with Gasteiger partial charge in [0.25, 0.3) is 5.97 Å². The maximum Gasteiger partial charge on any atom is 0.288 e. The van der Waals surface area contributed by atoms with Crippen molar-refractivity contribution in [2.45, 2.75) is 78.0 Å².